The van der Waals surface area contributed by atoms with E-state index in [0.717, 1.165) is 31.3 Å². The average Bonchev–Trinajstić information content (AvgIpc) is 2.58. The van der Waals surface area contributed by atoms with Crippen LogP contribution in [0.4, 0.5) is 5.00 Å². The van der Waals surface area contributed by atoms with E-state index >= 15 is 0 Å². The Morgan fingerprint density at radius 3 is 2.91 bits per heavy atom. The molecule has 5 heteroatoms. The molecule has 11 heavy (non-hydrogen) atoms. The fraction of sp³-hybridized carbons (Fsp3) is 0.667. The Bertz CT molecular complexity index is 208. The summed E-state index contributed by atoms with van der Waals surface area (Å²) in [6.45, 7) is 3.56. The first kappa shape index (κ1) is 7.00. The molecule has 0 N–H and O–H groups in total. The molecule has 1 aromatic rings. The van der Waals surface area contributed by atoms with Gasteiger partial charge in [0.2, 0.25) is 0 Å². The highest BCUT2D eigenvalue weighted by molar-refractivity contribution is 7.09. The van der Waals surface area contributed by atoms with Crippen molar-refractivity contribution in [2.24, 2.45) is 0 Å². The molecule has 4 nitrogen and oxygen atoms in total. The standard InChI is InChI=1S/C6H9N3OS/c1-3-10-4-2-9(1)6-5-7-8-11-6/h5H,1-4H2. The van der Waals surface area contributed by atoms with E-state index in [4.69, 9.17) is 4.74 Å². The van der Waals surface area contributed by atoms with Crippen molar-refractivity contribution < 1.29 is 4.74 Å². The minimum absolute atomic E-state index is 0.817. The van der Waals surface area contributed by atoms with Crippen LogP contribution < -0.4 is 4.90 Å². The van der Waals surface area contributed by atoms with Crippen molar-refractivity contribution in [3.05, 3.63) is 6.20 Å². The average molecular weight is 171 g/mol. The lowest BCUT2D eigenvalue weighted by Crippen LogP contribution is -2.35. The molecule has 1 fully saturated rings. The van der Waals surface area contributed by atoms with Crippen LogP contribution in [0.3, 0.4) is 0 Å². The Labute approximate surface area is 68.9 Å². The summed E-state index contributed by atoms with van der Waals surface area (Å²) >= 11 is 1.44. The Morgan fingerprint density at radius 2 is 2.27 bits per heavy atom. The Morgan fingerprint density at radius 1 is 1.45 bits per heavy atom. The second-order valence-electron chi connectivity index (χ2n) is 2.36. The molecule has 1 saturated heterocycles. The molecular weight excluding hydrogens is 162 g/mol. The topological polar surface area (TPSA) is 38.2 Å². The highest BCUT2D eigenvalue weighted by atomic mass is 32.1. The van der Waals surface area contributed by atoms with Gasteiger partial charge in [0.05, 0.1) is 19.4 Å². The zero-order chi connectivity index (χ0) is 7.52. The molecule has 0 bridgehead atoms. The van der Waals surface area contributed by atoms with Gasteiger partial charge in [-0.25, -0.2) is 0 Å². The number of hydrogen-bond acceptors (Lipinski definition) is 5. The maximum atomic E-state index is 5.22. The molecular formula is C6H9N3OS. The van der Waals surface area contributed by atoms with Crippen molar-refractivity contribution >= 4 is 16.5 Å². The van der Waals surface area contributed by atoms with Gasteiger partial charge >= 0.3 is 0 Å². The number of ether oxygens (including phenoxy) is 1. The first-order chi connectivity index (χ1) is 5.47. The van der Waals surface area contributed by atoms with Crippen LogP contribution in [0.1, 0.15) is 0 Å². The first-order valence-electron chi connectivity index (χ1n) is 3.57. The van der Waals surface area contributed by atoms with Crippen LogP contribution in [0.25, 0.3) is 0 Å². The van der Waals surface area contributed by atoms with Crippen molar-refractivity contribution in [3.63, 3.8) is 0 Å². The van der Waals surface area contributed by atoms with Gasteiger partial charge in [-0.2, -0.15) is 0 Å². The Balaban J connectivity index is 2.04. The summed E-state index contributed by atoms with van der Waals surface area (Å²) in [6.07, 6.45) is 1.80. The van der Waals surface area contributed by atoms with Gasteiger partial charge in [-0.1, -0.05) is 4.49 Å². The van der Waals surface area contributed by atoms with Crippen LogP contribution in [-0.4, -0.2) is 35.9 Å². The van der Waals surface area contributed by atoms with E-state index in [-0.39, 0.29) is 0 Å². The molecule has 60 valence electrons. The SMILES string of the molecule is c1nnsc1N1CCOCC1. The fourth-order valence-corrected chi connectivity index (χ4v) is 1.66. The summed E-state index contributed by atoms with van der Waals surface area (Å²) in [6, 6.07) is 0. The molecule has 0 aromatic carbocycles. The molecule has 0 spiro atoms. The van der Waals surface area contributed by atoms with Gasteiger partial charge in [-0.05, 0) is 0 Å². The predicted molar refractivity (Wildman–Crippen MR) is 42.9 cm³/mol. The van der Waals surface area contributed by atoms with Crippen LogP contribution in [0.2, 0.25) is 0 Å². The van der Waals surface area contributed by atoms with Crippen molar-refractivity contribution in [1.29, 1.82) is 0 Å². The third-order valence-electron chi connectivity index (χ3n) is 1.67. The molecule has 1 aromatic heterocycles. The second-order valence-corrected chi connectivity index (χ2v) is 3.12. The van der Waals surface area contributed by atoms with Crippen molar-refractivity contribution in [2.45, 2.75) is 0 Å². The van der Waals surface area contributed by atoms with Crippen LogP contribution >= 0.6 is 11.5 Å². The lowest BCUT2D eigenvalue weighted by atomic mass is 10.4. The number of aromatic nitrogens is 2. The monoisotopic (exact) mass is 171 g/mol. The van der Waals surface area contributed by atoms with Crippen LogP contribution in [-0.2, 0) is 4.74 Å². The third kappa shape index (κ3) is 1.49. The minimum atomic E-state index is 0.817. The zero-order valence-electron chi connectivity index (χ0n) is 6.06. The normalized spacial score (nSPS) is 18.7. The van der Waals surface area contributed by atoms with E-state index < -0.39 is 0 Å². The lowest BCUT2D eigenvalue weighted by Gasteiger charge is -2.26. The van der Waals surface area contributed by atoms with E-state index in [2.05, 4.69) is 14.5 Å². The van der Waals surface area contributed by atoms with Gasteiger partial charge < -0.3 is 9.64 Å². The number of rotatable bonds is 1. The van der Waals surface area contributed by atoms with Gasteiger partial charge in [0.25, 0.3) is 0 Å². The van der Waals surface area contributed by atoms with E-state index in [0.29, 0.717) is 0 Å². The summed E-state index contributed by atoms with van der Waals surface area (Å²) in [5, 5.41) is 4.93. The molecule has 0 atom stereocenters. The quantitative estimate of drug-likeness (QED) is 0.612. The molecule has 0 amide bonds. The van der Waals surface area contributed by atoms with Gasteiger partial charge in [-0.3, -0.25) is 0 Å². The largest absolute Gasteiger partial charge is 0.378 e. The number of nitrogens with zero attached hydrogens (tertiary/aromatic N) is 3. The highest BCUT2D eigenvalue weighted by Gasteiger charge is 2.12. The maximum absolute atomic E-state index is 5.22. The predicted octanol–water partition coefficient (Wildman–Crippen LogP) is 0.375. The van der Waals surface area contributed by atoms with E-state index in [1.807, 2.05) is 0 Å². The number of hydrogen-bond donors (Lipinski definition) is 0. The van der Waals surface area contributed by atoms with E-state index in [1.165, 1.54) is 11.5 Å². The minimum Gasteiger partial charge on any atom is -0.378 e. The molecule has 1 aliphatic rings. The number of morpholine rings is 1. The van der Waals surface area contributed by atoms with Crippen LogP contribution in [0.15, 0.2) is 6.20 Å². The zero-order valence-corrected chi connectivity index (χ0v) is 6.88. The van der Waals surface area contributed by atoms with Crippen molar-refractivity contribution in [2.75, 3.05) is 31.2 Å². The third-order valence-corrected chi connectivity index (χ3v) is 2.40. The van der Waals surface area contributed by atoms with E-state index in [9.17, 15) is 0 Å². The summed E-state index contributed by atoms with van der Waals surface area (Å²) < 4.78 is 9.03. The maximum Gasteiger partial charge on any atom is 0.132 e. The van der Waals surface area contributed by atoms with E-state index in [1.54, 1.807) is 6.20 Å². The van der Waals surface area contributed by atoms with Gasteiger partial charge in [-0.15, -0.1) is 5.10 Å². The molecule has 0 aliphatic carbocycles. The lowest BCUT2D eigenvalue weighted by molar-refractivity contribution is 0.123. The molecule has 1 aliphatic heterocycles. The smallest absolute Gasteiger partial charge is 0.132 e. The Hall–Kier alpha value is -0.680. The van der Waals surface area contributed by atoms with Crippen molar-refractivity contribution in [3.8, 4) is 0 Å². The molecule has 2 heterocycles. The second kappa shape index (κ2) is 3.15. The van der Waals surface area contributed by atoms with Crippen molar-refractivity contribution in [1.82, 2.24) is 9.59 Å². The highest BCUT2D eigenvalue weighted by Crippen LogP contribution is 2.17. The van der Waals surface area contributed by atoms with Crippen LogP contribution in [0, 0.1) is 0 Å². The molecule has 0 unspecified atom stereocenters. The number of anilines is 1. The van der Waals surface area contributed by atoms with Gasteiger partial charge in [0, 0.05) is 24.6 Å². The summed E-state index contributed by atoms with van der Waals surface area (Å²) in [5.41, 5.74) is 0. The Kier molecular flexibility index (Phi) is 2.00. The van der Waals surface area contributed by atoms with Gasteiger partial charge in [0.15, 0.2) is 0 Å². The first-order valence-corrected chi connectivity index (χ1v) is 4.34. The molecule has 0 radical (unpaired) electrons. The molecule has 0 saturated carbocycles. The fourth-order valence-electron chi connectivity index (χ4n) is 1.09. The summed E-state index contributed by atoms with van der Waals surface area (Å²) in [4.78, 5) is 2.24. The molecule has 2 rings (SSSR count). The summed E-state index contributed by atoms with van der Waals surface area (Å²) in [5.74, 6) is 0. The van der Waals surface area contributed by atoms with Crippen LogP contribution in [0.5, 0.6) is 0 Å². The summed E-state index contributed by atoms with van der Waals surface area (Å²) in [7, 11) is 0. The van der Waals surface area contributed by atoms with Gasteiger partial charge in [0.1, 0.15) is 5.00 Å².